The molecule has 2 rings (SSSR count). The maximum atomic E-state index is 12.2. The van der Waals surface area contributed by atoms with Gasteiger partial charge in [-0.25, -0.2) is 4.79 Å². The molecule has 0 aromatic carbocycles. The van der Waals surface area contributed by atoms with Crippen molar-refractivity contribution in [3.8, 4) is 0 Å². The van der Waals surface area contributed by atoms with Gasteiger partial charge in [-0.2, -0.15) is 0 Å². The SMILES string of the molecule is COC(=O)NC(=O)[C@H]1C(=O)OCC[C@@H]1c1cc(C)n(C)c1C. The predicted molar refractivity (Wildman–Crippen MR) is 77.2 cm³/mol. The molecule has 1 aliphatic heterocycles. The number of nitrogens with one attached hydrogen (secondary N) is 1. The third kappa shape index (κ3) is 2.84. The maximum absolute atomic E-state index is 12.2. The van der Waals surface area contributed by atoms with E-state index in [0.717, 1.165) is 24.1 Å². The van der Waals surface area contributed by atoms with Crippen LogP contribution in [0.3, 0.4) is 0 Å². The number of aryl methyl sites for hydroxylation is 1. The number of aromatic nitrogens is 1. The molecule has 1 aromatic rings. The molecular weight excluding hydrogens is 288 g/mol. The van der Waals surface area contributed by atoms with Crippen LogP contribution in [0.25, 0.3) is 0 Å². The van der Waals surface area contributed by atoms with Gasteiger partial charge in [0, 0.05) is 24.4 Å². The second-order valence-electron chi connectivity index (χ2n) is 5.41. The van der Waals surface area contributed by atoms with Gasteiger partial charge in [-0.15, -0.1) is 0 Å². The van der Waals surface area contributed by atoms with Crippen molar-refractivity contribution in [2.24, 2.45) is 13.0 Å². The van der Waals surface area contributed by atoms with Crippen molar-refractivity contribution >= 4 is 18.0 Å². The Morgan fingerprint density at radius 3 is 2.64 bits per heavy atom. The molecule has 0 radical (unpaired) electrons. The van der Waals surface area contributed by atoms with E-state index in [0.29, 0.717) is 6.42 Å². The van der Waals surface area contributed by atoms with E-state index in [1.807, 2.05) is 31.5 Å². The molecule has 0 bridgehead atoms. The number of carbonyl (C=O) groups excluding carboxylic acids is 3. The van der Waals surface area contributed by atoms with Crippen LogP contribution in [-0.2, 0) is 26.1 Å². The van der Waals surface area contributed by atoms with E-state index in [1.165, 1.54) is 0 Å². The number of hydrogen-bond donors (Lipinski definition) is 1. The second-order valence-corrected chi connectivity index (χ2v) is 5.41. The van der Waals surface area contributed by atoms with Gasteiger partial charge in [-0.3, -0.25) is 14.9 Å². The minimum atomic E-state index is -1.05. The molecule has 0 aliphatic carbocycles. The van der Waals surface area contributed by atoms with Crippen molar-refractivity contribution in [1.82, 2.24) is 9.88 Å². The summed E-state index contributed by atoms with van der Waals surface area (Å²) in [6.07, 6.45) is -0.349. The molecule has 22 heavy (non-hydrogen) atoms. The fourth-order valence-electron chi connectivity index (χ4n) is 2.82. The van der Waals surface area contributed by atoms with Gasteiger partial charge in [0.05, 0.1) is 13.7 Å². The standard InChI is InChI=1S/C15H20N2O5/c1-8-7-11(9(2)17(8)3)10-5-6-22-14(19)12(10)13(18)16-15(20)21-4/h7,10,12H,5-6H2,1-4H3,(H,16,18,20)/t10-,12+/m1/s1. The number of hydrogen-bond acceptors (Lipinski definition) is 5. The zero-order valence-corrected chi connectivity index (χ0v) is 13.1. The molecule has 1 aromatic heterocycles. The van der Waals surface area contributed by atoms with Crippen LogP contribution in [0.15, 0.2) is 6.07 Å². The van der Waals surface area contributed by atoms with Crippen LogP contribution in [0.1, 0.15) is 29.3 Å². The van der Waals surface area contributed by atoms with E-state index in [9.17, 15) is 14.4 Å². The van der Waals surface area contributed by atoms with Gasteiger partial charge in [0.2, 0.25) is 5.91 Å². The number of ether oxygens (including phenoxy) is 2. The van der Waals surface area contributed by atoms with Crippen LogP contribution in [0, 0.1) is 19.8 Å². The van der Waals surface area contributed by atoms with E-state index in [4.69, 9.17) is 4.74 Å². The second kappa shape index (κ2) is 6.21. The van der Waals surface area contributed by atoms with Crippen molar-refractivity contribution < 1.29 is 23.9 Å². The lowest BCUT2D eigenvalue weighted by molar-refractivity contribution is -0.158. The maximum Gasteiger partial charge on any atom is 0.413 e. The van der Waals surface area contributed by atoms with Crippen LogP contribution in [0.2, 0.25) is 0 Å². The summed E-state index contributed by atoms with van der Waals surface area (Å²) in [5.41, 5.74) is 2.97. The molecule has 120 valence electrons. The first-order valence-electron chi connectivity index (χ1n) is 7.05. The van der Waals surface area contributed by atoms with Crippen molar-refractivity contribution in [2.75, 3.05) is 13.7 Å². The van der Waals surface area contributed by atoms with Crippen LogP contribution in [-0.4, -0.2) is 36.3 Å². The van der Waals surface area contributed by atoms with E-state index in [-0.39, 0.29) is 12.5 Å². The van der Waals surface area contributed by atoms with Crippen molar-refractivity contribution in [3.63, 3.8) is 0 Å². The predicted octanol–water partition coefficient (Wildman–Crippen LogP) is 1.17. The smallest absolute Gasteiger partial charge is 0.413 e. The highest BCUT2D eigenvalue weighted by Gasteiger charge is 2.42. The third-order valence-corrected chi connectivity index (χ3v) is 4.24. The molecule has 0 spiro atoms. The summed E-state index contributed by atoms with van der Waals surface area (Å²) in [6.45, 7) is 4.16. The van der Waals surface area contributed by atoms with Crippen LogP contribution in [0.4, 0.5) is 4.79 Å². The minimum Gasteiger partial charge on any atom is -0.465 e. The quantitative estimate of drug-likeness (QED) is 0.654. The Morgan fingerprint density at radius 2 is 2.09 bits per heavy atom. The highest BCUT2D eigenvalue weighted by Crippen LogP contribution is 2.36. The molecule has 1 aliphatic rings. The molecule has 1 fully saturated rings. The summed E-state index contributed by atoms with van der Waals surface area (Å²) in [6, 6.07) is 1.97. The lowest BCUT2D eigenvalue weighted by Crippen LogP contribution is -2.45. The summed E-state index contributed by atoms with van der Waals surface area (Å²) < 4.78 is 11.4. The molecule has 1 N–H and O–H groups in total. The van der Waals surface area contributed by atoms with Gasteiger partial charge in [0.15, 0.2) is 0 Å². The highest BCUT2D eigenvalue weighted by atomic mass is 16.5. The molecule has 0 saturated carbocycles. The molecule has 7 heteroatoms. The Hall–Kier alpha value is -2.31. The average molecular weight is 308 g/mol. The first-order valence-corrected chi connectivity index (χ1v) is 7.05. The van der Waals surface area contributed by atoms with E-state index < -0.39 is 23.9 Å². The number of cyclic esters (lactones) is 1. The molecule has 2 amide bonds. The number of carbonyl (C=O) groups is 3. The Morgan fingerprint density at radius 1 is 1.41 bits per heavy atom. The fraction of sp³-hybridized carbons (Fsp3) is 0.533. The summed E-state index contributed by atoms with van der Waals surface area (Å²) in [4.78, 5) is 35.5. The van der Waals surface area contributed by atoms with Gasteiger partial charge >= 0.3 is 12.1 Å². The zero-order chi connectivity index (χ0) is 16.4. The Kier molecular flexibility index (Phi) is 4.54. The van der Waals surface area contributed by atoms with Crippen LogP contribution in [0.5, 0.6) is 0 Å². The molecule has 7 nitrogen and oxygen atoms in total. The van der Waals surface area contributed by atoms with Gasteiger partial charge < -0.3 is 14.0 Å². The topological polar surface area (TPSA) is 86.6 Å². The lowest BCUT2D eigenvalue weighted by Gasteiger charge is -2.29. The van der Waals surface area contributed by atoms with Crippen molar-refractivity contribution in [2.45, 2.75) is 26.2 Å². The van der Waals surface area contributed by atoms with E-state index in [2.05, 4.69) is 10.1 Å². The minimum absolute atomic E-state index is 0.263. The number of rotatable bonds is 2. The molecule has 1 saturated heterocycles. The third-order valence-electron chi connectivity index (χ3n) is 4.24. The fourth-order valence-corrected chi connectivity index (χ4v) is 2.82. The van der Waals surface area contributed by atoms with Crippen molar-refractivity contribution in [1.29, 1.82) is 0 Å². The number of methoxy groups -OCH3 is 1. The molecule has 2 heterocycles. The lowest BCUT2D eigenvalue weighted by atomic mass is 9.81. The number of imide groups is 1. The Balaban J connectivity index is 2.34. The van der Waals surface area contributed by atoms with Gasteiger partial charge in [0.1, 0.15) is 5.92 Å². The van der Waals surface area contributed by atoms with Gasteiger partial charge in [0.25, 0.3) is 0 Å². The summed E-state index contributed by atoms with van der Waals surface area (Å²) in [5.74, 6) is -2.67. The van der Waals surface area contributed by atoms with E-state index in [1.54, 1.807) is 0 Å². The molecular formula is C15H20N2O5. The Bertz CT molecular complexity index is 620. The highest BCUT2D eigenvalue weighted by molar-refractivity contribution is 6.04. The van der Waals surface area contributed by atoms with E-state index >= 15 is 0 Å². The van der Waals surface area contributed by atoms with Crippen molar-refractivity contribution in [3.05, 3.63) is 23.0 Å². The summed E-state index contributed by atoms with van der Waals surface area (Å²) >= 11 is 0. The van der Waals surface area contributed by atoms with Crippen LogP contribution < -0.4 is 5.32 Å². The largest absolute Gasteiger partial charge is 0.465 e. The number of alkyl carbamates (subject to hydrolysis) is 1. The molecule has 0 unspecified atom stereocenters. The van der Waals surface area contributed by atoms with Gasteiger partial charge in [-0.05, 0) is 31.9 Å². The van der Waals surface area contributed by atoms with Crippen LogP contribution >= 0.6 is 0 Å². The zero-order valence-electron chi connectivity index (χ0n) is 13.1. The average Bonchev–Trinajstić information content (AvgIpc) is 2.74. The number of amides is 2. The monoisotopic (exact) mass is 308 g/mol. The Labute approximate surface area is 128 Å². The normalized spacial score (nSPS) is 21.2. The summed E-state index contributed by atoms with van der Waals surface area (Å²) in [5, 5.41) is 2.06. The number of esters is 1. The first kappa shape index (κ1) is 16.1. The number of nitrogens with zero attached hydrogens (tertiary/aromatic N) is 1. The molecule has 2 atom stereocenters. The summed E-state index contributed by atoms with van der Waals surface area (Å²) in [7, 11) is 3.09. The first-order chi connectivity index (χ1) is 10.4. The van der Waals surface area contributed by atoms with Gasteiger partial charge in [-0.1, -0.05) is 0 Å².